The average molecular weight is 505 g/mol. The van der Waals surface area contributed by atoms with E-state index in [1.54, 1.807) is 72.8 Å². The minimum atomic E-state index is -4.06. The number of hydrogen-bond donors (Lipinski definition) is 1. The molecule has 0 saturated heterocycles. The molecule has 3 aromatic carbocycles. The molecule has 0 spiro atoms. The summed E-state index contributed by atoms with van der Waals surface area (Å²) in [5.41, 5.74) is 2.41. The number of methoxy groups -OCH3 is 1. The quantitative estimate of drug-likeness (QED) is 0.482. The highest BCUT2D eigenvalue weighted by atomic mass is 32.2. The van der Waals surface area contributed by atoms with Gasteiger partial charge in [0.2, 0.25) is 0 Å². The molecule has 0 fully saturated rings. The molecule has 4 rings (SSSR count). The average Bonchev–Trinajstić information content (AvgIpc) is 3.03. The Morgan fingerprint density at radius 3 is 2.22 bits per heavy atom. The molecule has 0 aromatic heterocycles. The van der Waals surface area contributed by atoms with Crippen molar-refractivity contribution in [1.29, 1.82) is 0 Å². The summed E-state index contributed by atoms with van der Waals surface area (Å²) in [4.78, 5) is 37.0. The molecule has 0 unspecified atom stereocenters. The third-order valence-corrected chi connectivity index (χ3v) is 7.79. The Morgan fingerprint density at radius 1 is 0.944 bits per heavy atom. The first-order valence-electron chi connectivity index (χ1n) is 11.1. The largest absolute Gasteiger partial charge is 0.497 e. The molecule has 0 saturated carbocycles. The fraction of sp³-hybridized carbons (Fsp3) is 0.148. The number of nitrogens with zero attached hydrogens (tertiary/aromatic N) is 1. The van der Waals surface area contributed by atoms with Crippen LogP contribution in [0.4, 0.5) is 5.69 Å². The summed E-state index contributed by atoms with van der Waals surface area (Å²) in [5.74, 6) is -0.507. The second-order valence-electron chi connectivity index (χ2n) is 8.29. The Balaban J connectivity index is 1.50. The zero-order valence-corrected chi connectivity index (χ0v) is 20.8. The maximum absolute atomic E-state index is 13.3. The Labute approximate surface area is 209 Å². The SMILES string of the molecule is COc1ccc(C2=C(C)C(=O)N(Cc3ccc(C(=O)Nc4cccc(C(C)=O)c4)cc3)S2(=O)=O)cc1. The van der Waals surface area contributed by atoms with Gasteiger partial charge in [0.25, 0.3) is 21.8 Å². The fourth-order valence-corrected chi connectivity index (χ4v) is 5.71. The van der Waals surface area contributed by atoms with Crippen LogP contribution < -0.4 is 10.1 Å². The van der Waals surface area contributed by atoms with Gasteiger partial charge in [-0.05, 0) is 73.5 Å². The van der Waals surface area contributed by atoms with Gasteiger partial charge in [-0.2, -0.15) is 0 Å². The lowest BCUT2D eigenvalue weighted by Crippen LogP contribution is -2.30. The van der Waals surface area contributed by atoms with Crippen molar-refractivity contribution in [2.24, 2.45) is 0 Å². The summed E-state index contributed by atoms with van der Waals surface area (Å²) < 4.78 is 32.5. The van der Waals surface area contributed by atoms with E-state index in [0.29, 0.717) is 33.7 Å². The lowest BCUT2D eigenvalue weighted by molar-refractivity contribution is -0.122. The van der Waals surface area contributed by atoms with Gasteiger partial charge < -0.3 is 10.1 Å². The molecular weight excluding hydrogens is 480 g/mol. The van der Waals surface area contributed by atoms with Crippen LogP contribution >= 0.6 is 0 Å². The van der Waals surface area contributed by atoms with Crippen molar-refractivity contribution < 1.29 is 27.5 Å². The highest BCUT2D eigenvalue weighted by Gasteiger charge is 2.42. The molecule has 184 valence electrons. The molecule has 36 heavy (non-hydrogen) atoms. The zero-order valence-electron chi connectivity index (χ0n) is 19.9. The number of carbonyl (C=O) groups is 3. The highest BCUT2D eigenvalue weighted by molar-refractivity contribution is 7.99. The topological polar surface area (TPSA) is 110 Å². The van der Waals surface area contributed by atoms with Crippen LogP contribution in [0.3, 0.4) is 0 Å². The first kappa shape index (κ1) is 24.9. The van der Waals surface area contributed by atoms with E-state index in [9.17, 15) is 22.8 Å². The second-order valence-corrected chi connectivity index (χ2v) is 10.1. The first-order chi connectivity index (χ1) is 17.1. The number of anilines is 1. The van der Waals surface area contributed by atoms with E-state index in [1.807, 2.05) is 0 Å². The van der Waals surface area contributed by atoms with Gasteiger partial charge in [-0.1, -0.05) is 24.3 Å². The van der Waals surface area contributed by atoms with Crippen LogP contribution in [0, 0.1) is 0 Å². The van der Waals surface area contributed by atoms with Crippen molar-refractivity contribution in [2.45, 2.75) is 20.4 Å². The fourth-order valence-electron chi connectivity index (χ4n) is 3.91. The van der Waals surface area contributed by atoms with E-state index >= 15 is 0 Å². The van der Waals surface area contributed by atoms with Crippen molar-refractivity contribution in [2.75, 3.05) is 12.4 Å². The summed E-state index contributed by atoms with van der Waals surface area (Å²) in [6, 6.07) is 19.4. The lowest BCUT2D eigenvalue weighted by atomic mass is 10.1. The first-order valence-corrected chi connectivity index (χ1v) is 12.5. The smallest absolute Gasteiger partial charge is 0.268 e. The molecule has 1 heterocycles. The van der Waals surface area contributed by atoms with Crippen LogP contribution in [0.15, 0.2) is 78.4 Å². The molecule has 0 bridgehead atoms. The molecule has 0 aliphatic carbocycles. The minimum absolute atomic E-state index is 0.0288. The number of ether oxygens (including phenoxy) is 1. The zero-order chi connectivity index (χ0) is 26.0. The Bertz CT molecular complexity index is 1490. The standard InChI is InChI=1S/C27H24N2O6S/c1-17-25(20-11-13-24(35-3)14-12-20)36(33,34)29(27(17)32)16-19-7-9-21(10-8-19)26(31)28-23-6-4-5-22(15-23)18(2)30/h4-15H,16H2,1-3H3,(H,28,31). The van der Waals surface area contributed by atoms with Gasteiger partial charge in [-0.3, -0.25) is 14.4 Å². The molecular formula is C27H24N2O6S. The summed E-state index contributed by atoms with van der Waals surface area (Å²) in [7, 11) is -2.55. The predicted octanol–water partition coefficient (Wildman–Crippen LogP) is 4.25. The lowest BCUT2D eigenvalue weighted by Gasteiger charge is -2.17. The van der Waals surface area contributed by atoms with E-state index in [-0.39, 0.29) is 28.7 Å². The molecule has 1 N–H and O–H groups in total. The maximum Gasteiger partial charge on any atom is 0.268 e. The van der Waals surface area contributed by atoms with Gasteiger partial charge in [0.05, 0.1) is 13.7 Å². The Hall–Kier alpha value is -4.24. The number of Topliss-reactive ketones (excluding diaryl/α,β-unsaturated/α-hetero) is 1. The molecule has 3 aromatic rings. The van der Waals surface area contributed by atoms with Gasteiger partial charge >= 0.3 is 0 Å². The normalized spacial score (nSPS) is 14.6. The number of hydrogen-bond acceptors (Lipinski definition) is 6. The highest BCUT2D eigenvalue weighted by Crippen LogP contribution is 2.37. The van der Waals surface area contributed by atoms with Crippen LogP contribution in [-0.4, -0.2) is 37.4 Å². The molecule has 1 aliphatic heterocycles. The molecule has 9 heteroatoms. The number of nitrogens with one attached hydrogen (secondary N) is 1. The summed E-state index contributed by atoms with van der Waals surface area (Å²) in [6.45, 7) is 2.77. The van der Waals surface area contributed by atoms with Crippen LogP contribution in [0.5, 0.6) is 5.75 Å². The van der Waals surface area contributed by atoms with E-state index in [4.69, 9.17) is 4.74 Å². The number of sulfonamides is 1. The number of carbonyl (C=O) groups excluding carboxylic acids is 3. The number of ketones is 1. The van der Waals surface area contributed by atoms with Gasteiger partial charge in [-0.15, -0.1) is 0 Å². The molecule has 8 nitrogen and oxygen atoms in total. The molecule has 0 atom stereocenters. The Morgan fingerprint density at radius 2 is 1.61 bits per heavy atom. The summed E-state index contributed by atoms with van der Waals surface area (Å²) >= 11 is 0. The van der Waals surface area contributed by atoms with E-state index in [2.05, 4.69) is 5.32 Å². The van der Waals surface area contributed by atoms with Crippen LogP contribution in [-0.2, 0) is 21.4 Å². The predicted molar refractivity (Wildman–Crippen MR) is 136 cm³/mol. The molecule has 1 aliphatic rings. The van der Waals surface area contributed by atoms with Crippen molar-refractivity contribution >= 4 is 38.2 Å². The second kappa shape index (κ2) is 9.79. The van der Waals surface area contributed by atoms with Crippen molar-refractivity contribution in [3.63, 3.8) is 0 Å². The van der Waals surface area contributed by atoms with Crippen molar-refractivity contribution in [3.05, 3.63) is 101 Å². The van der Waals surface area contributed by atoms with Gasteiger partial charge in [-0.25, -0.2) is 12.7 Å². The maximum atomic E-state index is 13.3. The van der Waals surface area contributed by atoms with Gasteiger partial charge in [0.1, 0.15) is 10.7 Å². The molecule has 2 amide bonds. The van der Waals surface area contributed by atoms with Crippen LogP contribution in [0.25, 0.3) is 4.91 Å². The van der Waals surface area contributed by atoms with E-state index < -0.39 is 15.9 Å². The monoisotopic (exact) mass is 504 g/mol. The number of rotatable bonds is 7. The third kappa shape index (κ3) is 4.78. The van der Waals surface area contributed by atoms with Crippen LogP contribution in [0.1, 0.15) is 45.7 Å². The number of amides is 2. The molecule has 0 radical (unpaired) electrons. The van der Waals surface area contributed by atoms with Gasteiger partial charge in [0.15, 0.2) is 5.78 Å². The van der Waals surface area contributed by atoms with E-state index in [0.717, 1.165) is 4.31 Å². The Kier molecular flexibility index (Phi) is 6.76. The van der Waals surface area contributed by atoms with Crippen molar-refractivity contribution in [1.82, 2.24) is 4.31 Å². The van der Waals surface area contributed by atoms with Crippen molar-refractivity contribution in [3.8, 4) is 5.75 Å². The number of benzene rings is 3. The summed E-state index contributed by atoms with van der Waals surface area (Å²) in [6.07, 6.45) is 0. The van der Waals surface area contributed by atoms with Crippen LogP contribution in [0.2, 0.25) is 0 Å². The minimum Gasteiger partial charge on any atom is -0.497 e. The van der Waals surface area contributed by atoms with E-state index in [1.165, 1.54) is 21.0 Å². The summed E-state index contributed by atoms with van der Waals surface area (Å²) in [5, 5.41) is 2.74. The van der Waals surface area contributed by atoms with Gasteiger partial charge in [0, 0.05) is 22.4 Å². The third-order valence-electron chi connectivity index (χ3n) is 5.86.